The topological polar surface area (TPSA) is 26.3 Å². The van der Waals surface area contributed by atoms with Gasteiger partial charge in [-0.25, -0.2) is 0 Å². The van der Waals surface area contributed by atoms with E-state index >= 15 is 0 Å². The van der Waals surface area contributed by atoms with Crippen molar-refractivity contribution in [2.75, 3.05) is 7.11 Å². The Labute approximate surface area is 117 Å². The number of ether oxygens (including phenoxy) is 1. The van der Waals surface area contributed by atoms with Crippen LogP contribution in [0.5, 0.6) is 5.75 Å². The fourth-order valence-electron chi connectivity index (χ4n) is 2.24. The van der Waals surface area contributed by atoms with Crippen LogP contribution in [0.15, 0.2) is 12.1 Å². The van der Waals surface area contributed by atoms with Crippen LogP contribution in [0.4, 0.5) is 0 Å². The second kappa shape index (κ2) is 5.36. The van der Waals surface area contributed by atoms with Gasteiger partial charge in [0.2, 0.25) is 0 Å². The lowest BCUT2D eigenvalue weighted by Gasteiger charge is -2.29. The molecule has 106 valence electrons. The Hall–Kier alpha value is -1.31. The van der Waals surface area contributed by atoms with E-state index in [1.165, 1.54) is 11.1 Å². The van der Waals surface area contributed by atoms with Crippen LogP contribution in [0.1, 0.15) is 58.2 Å². The largest absolute Gasteiger partial charge is 0.496 e. The molecule has 0 saturated heterocycles. The summed E-state index contributed by atoms with van der Waals surface area (Å²) in [5.41, 5.74) is 3.37. The number of hydrogen-bond donors (Lipinski definition) is 0. The first-order chi connectivity index (χ1) is 8.61. The molecule has 1 aromatic rings. The van der Waals surface area contributed by atoms with E-state index in [1.807, 2.05) is 0 Å². The van der Waals surface area contributed by atoms with Gasteiger partial charge in [0.15, 0.2) is 0 Å². The zero-order chi connectivity index (χ0) is 14.8. The highest BCUT2D eigenvalue weighted by Crippen LogP contribution is 2.40. The van der Waals surface area contributed by atoms with E-state index in [0.29, 0.717) is 6.42 Å². The van der Waals surface area contributed by atoms with Crippen LogP contribution in [0.3, 0.4) is 0 Å². The van der Waals surface area contributed by atoms with Gasteiger partial charge < -0.3 is 9.53 Å². The van der Waals surface area contributed by atoms with Gasteiger partial charge in [-0.2, -0.15) is 0 Å². The molecule has 0 unspecified atom stereocenters. The summed E-state index contributed by atoms with van der Waals surface area (Å²) in [7, 11) is 1.72. The minimum absolute atomic E-state index is 0.00968. The summed E-state index contributed by atoms with van der Waals surface area (Å²) in [6, 6.07) is 4.20. The molecule has 2 nitrogen and oxygen atoms in total. The van der Waals surface area contributed by atoms with Gasteiger partial charge in [0.05, 0.1) is 7.11 Å². The van der Waals surface area contributed by atoms with Crippen LogP contribution in [0, 0.1) is 0 Å². The molecular weight excluding hydrogens is 236 g/mol. The second-order valence-electron chi connectivity index (χ2n) is 7.09. The Balaban J connectivity index is 3.61. The van der Waals surface area contributed by atoms with Gasteiger partial charge in [-0.05, 0) is 16.4 Å². The lowest BCUT2D eigenvalue weighted by molar-refractivity contribution is -0.107. The predicted octanol–water partition coefficient (Wildman–Crippen LogP) is 4.03. The summed E-state index contributed by atoms with van der Waals surface area (Å²) in [6.07, 6.45) is 1.41. The highest BCUT2D eigenvalue weighted by molar-refractivity contribution is 5.59. The van der Waals surface area contributed by atoms with Gasteiger partial charge in [-0.3, -0.25) is 0 Å². The number of aldehydes is 1. The molecule has 0 atom stereocenters. The average molecular weight is 262 g/mol. The summed E-state index contributed by atoms with van der Waals surface area (Å²) < 4.78 is 5.67. The van der Waals surface area contributed by atoms with Crippen LogP contribution in [0.2, 0.25) is 0 Å². The molecule has 0 aliphatic carbocycles. The normalized spacial score (nSPS) is 12.4. The maximum absolute atomic E-state index is 10.8. The molecule has 0 saturated carbocycles. The highest BCUT2D eigenvalue weighted by Gasteiger charge is 2.27. The second-order valence-corrected chi connectivity index (χ2v) is 7.09. The number of benzene rings is 1. The summed E-state index contributed by atoms with van der Waals surface area (Å²) >= 11 is 0. The van der Waals surface area contributed by atoms with Crippen LogP contribution >= 0.6 is 0 Å². The van der Waals surface area contributed by atoms with Gasteiger partial charge in [0.25, 0.3) is 0 Å². The molecule has 0 aliphatic heterocycles. The maximum Gasteiger partial charge on any atom is 0.126 e. The van der Waals surface area contributed by atoms with E-state index in [9.17, 15) is 4.79 Å². The van der Waals surface area contributed by atoms with Gasteiger partial charge in [-0.15, -0.1) is 0 Å². The average Bonchev–Trinajstić information content (AvgIpc) is 2.26. The monoisotopic (exact) mass is 262 g/mol. The number of carbonyl (C=O) groups is 1. The minimum atomic E-state index is -0.00968. The van der Waals surface area contributed by atoms with E-state index in [1.54, 1.807) is 7.11 Å². The fourth-order valence-corrected chi connectivity index (χ4v) is 2.24. The Morgan fingerprint density at radius 3 is 1.68 bits per heavy atom. The summed E-state index contributed by atoms with van der Waals surface area (Å²) in [4.78, 5) is 10.8. The smallest absolute Gasteiger partial charge is 0.126 e. The first kappa shape index (κ1) is 15.7. The number of carbonyl (C=O) groups excluding carboxylic acids is 1. The van der Waals surface area contributed by atoms with Gasteiger partial charge in [-0.1, -0.05) is 53.7 Å². The molecule has 19 heavy (non-hydrogen) atoms. The zero-order valence-electron chi connectivity index (χ0n) is 13.3. The maximum atomic E-state index is 10.8. The van der Waals surface area contributed by atoms with Crippen molar-refractivity contribution in [1.82, 2.24) is 0 Å². The third kappa shape index (κ3) is 3.59. The lowest BCUT2D eigenvalue weighted by Crippen LogP contribution is -2.19. The molecule has 2 heteroatoms. The summed E-state index contributed by atoms with van der Waals surface area (Å²) in [5, 5.41) is 0. The predicted molar refractivity (Wildman–Crippen MR) is 80.2 cm³/mol. The van der Waals surface area contributed by atoms with Crippen molar-refractivity contribution in [3.8, 4) is 5.75 Å². The van der Waals surface area contributed by atoms with Crippen molar-refractivity contribution in [3.05, 3.63) is 28.8 Å². The number of methoxy groups -OCH3 is 1. The SMILES string of the molecule is COc1c(C(C)(C)C)cc(CC=O)cc1C(C)(C)C. The third-order valence-electron chi connectivity index (χ3n) is 3.29. The molecule has 0 heterocycles. The van der Waals surface area contributed by atoms with Crippen molar-refractivity contribution in [2.24, 2.45) is 0 Å². The van der Waals surface area contributed by atoms with Gasteiger partial charge in [0, 0.05) is 17.5 Å². The minimum Gasteiger partial charge on any atom is -0.496 e. The van der Waals surface area contributed by atoms with E-state index in [0.717, 1.165) is 17.6 Å². The van der Waals surface area contributed by atoms with E-state index in [4.69, 9.17) is 4.74 Å². The third-order valence-corrected chi connectivity index (χ3v) is 3.29. The molecule has 0 radical (unpaired) electrons. The van der Waals surface area contributed by atoms with Crippen molar-refractivity contribution >= 4 is 6.29 Å². The Morgan fingerprint density at radius 1 is 1.00 bits per heavy atom. The highest BCUT2D eigenvalue weighted by atomic mass is 16.5. The molecule has 1 rings (SSSR count). The molecule has 0 N–H and O–H groups in total. The molecule has 0 aliphatic rings. The van der Waals surface area contributed by atoms with Crippen LogP contribution in [-0.2, 0) is 22.0 Å². The molecule has 0 aromatic heterocycles. The van der Waals surface area contributed by atoms with Crippen LogP contribution in [-0.4, -0.2) is 13.4 Å². The summed E-state index contributed by atoms with van der Waals surface area (Å²) in [6.45, 7) is 13.0. The Morgan fingerprint density at radius 2 is 1.42 bits per heavy atom. The van der Waals surface area contributed by atoms with Crippen LogP contribution in [0.25, 0.3) is 0 Å². The molecule has 0 bridgehead atoms. The van der Waals surface area contributed by atoms with E-state index in [2.05, 4.69) is 53.7 Å². The zero-order valence-corrected chi connectivity index (χ0v) is 13.3. The molecule has 0 spiro atoms. The van der Waals surface area contributed by atoms with E-state index < -0.39 is 0 Å². The van der Waals surface area contributed by atoms with Gasteiger partial charge in [0.1, 0.15) is 12.0 Å². The first-order valence-corrected chi connectivity index (χ1v) is 6.76. The molecule has 1 aromatic carbocycles. The fraction of sp³-hybridized carbons (Fsp3) is 0.588. The molecular formula is C17H26O2. The number of rotatable bonds is 3. The Kier molecular flexibility index (Phi) is 4.44. The first-order valence-electron chi connectivity index (χ1n) is 6.76. The standard InChI is InChI=1S/C17H26O2/c1-16(2,3)13-10-12(8-9-18)11-14(15(13)19-7)17(4,5)6/h9-11H,8H2,1-7H3. The van der Waals surface area contributed by atoms with Crippen molar-refractivity contribution in [1.29, 1.82) is 0 Å². The molecule has 0 amide bonds. The molecule has 0 fully saturated rings. The quantitative estimate of drug-likeness (QED) is 0.769. The number of hydrogen-bond acceptors (Lipinski definition) is 2. The van der Waals surface area contributed by atoms with E-state index in [-0.39, 0.29) is 10.8 Å². The van der Waals surface area contributed by atoms with Crippen molar-refractivity contribution in [2.45, 2.75) is 58.8 Å². The van der Waals surface area contributed by atoms with Crippen LogP contribution < -0.4 is 4.74 Å². The lowest BCUT2D eigenvalue weighted by atomic mass is 9.78. The summed E-state index contributed by atoms with van der Waals surface area (Å²) in [5.74, 6) is 0.953. The van der Waals surface area contributed by atoms with Gasteiger partial charge >= 0.3 is 0 Å². The Bertz CT molecular complexity index is 424. The van der Waals surface area contributed by atoms with Crippen molar-refractivity contribution in [3.63, 3.8) is 0 Å². The van der Waals surface area contributed by atoms with Crippen molar-refractivity contribution < 1.29 is 9.53 Å².